The minimum Gasteiger partial charge on any atom is -1.00 e. The Morgan fingerprint density at radius 2 is 0.200 bits per heavy atom. The third kappa shape index (κ3) is 100. The molecule has 0 saturated carbocycles. The van der Waals surface area contributed by atoms with Gasteiger partial charge in [-0.05, 0) is 0 Å². The van der Waals surface area contributed by atoms with E-state index in [1.54, 1.807) is 0 Å². The van der Waals surface area contributed by atoms with Gasteiger partial charge in [0.05, 0.1) is 0 Å². The second kappa shape index (κ2) is 130. The maximum Gasteiger partial charge on any atom is 0 e. The fourth-order valence-corrected chi connectivity index (χ4v) is 0. The molecule has 0 aromatic carbocycles. The molecule has 0 rings (SSSR count). The third-order valence-corrected chi connectivity index (χ3v) is 0. The molecule has 2 radical (unpaired) electrons. The van der Waals surface area contributed by atoms with E-state index >= 15 is 0 Å². The third-order valence-electron chi connectivity index (χ3n) is 0. The maximum absolute atomic E-state index is 0. The van der Waals surface area contributed by atoms with Gasteiger partial charge in [0.25, 0.3) is 0 Å². The van der Waals surface area contributed by atoms with Crippen molar-refractivity contribution in [2.24, 2.45) is 0 Å². The van der Waals surface area contributed by atoms with E-state index in [0.717, 1.165) is 0 Å². The van der Waals surface area contributed by atoms with Crippen molar-refractivity contribution < 1.29 is 139 Å². The van der Waals surface area contributed by atoms with E-state index < -0.39 is 0 Å². The molecule has 10 heavy (non-hydrogen) atoms. The average molecular weight is 668 g/mol. The Bertz CT molecular complexity index is 7.22. The molecule has 0 amide bonds. The van der Waals surface area contributed by atoms with Gasteiger partial charge in [-0.15, -0.1) is 0 Å². The molecule has 0 bridgehead atoms. The van der Waals surface area contributed by atoms with Gasteiger partial charge >= 0.3 is 0 Å². The van der Waals surface area contributed by atoms with Crippen LogP contribution in [-0.4, -0.2) is 0 Å². The number of rotatable bonds is 0. The molecular formula is Cl8Ir2-8. The molecule has 10 heteroatoms. The molecular weight excluding hydrogens is 668 g/mol. The van der Waals surface area contributed by atoms with Crippen molar-refractivity contribution in [3.05, 3.63) is 0 Å². The molecule has 0 aliphatic rings. The molecule has 82 valence electrons. The Labute approximate surface area is 138 Å². The molecule has 0 atom stereocenters. The number of hydrogen-bond donors (Lipinski definition) is 0. The van der Waals surface area contributed by atoms with Crippen molar-refractivity contribution in [1.82, 2.24) is 0 Å². The number of hydrogen-bond acceptors (Lipinski definition) is 0. The van der Waals surface area contributed by atoms with Gasteiger partial charge in [-0.3, -0.25) is 0 Å². The van der Waals surface area contributed by atoms with E-state index in [4.69, 9.17) is 0 Å². The van der Waals surface area contributed by atoms with Crippen LogP contribution < -0.4 is 99.3 Å². The van der Waals surface area contributed by atoms with E-state index in [-0.39, 0.29) is 139 Å². The summed E-state index contributed by atoms with van der Waals surface area (Å²) in [6.07, 6.45) is 0. The Balaban J connectivity index is 0. The van der Waals surface area contributed by atoms with Gasteiger partial charge in [0, 0.05) is 40.2 Å². The minimum absolute atomic E-state index is 0. The Hall–Kier alpha value is 3.62. The zero-order valence-electron chi connectivity index (χ0n) is 3.69. The van der Waals surface area contributed by atoms with E-state index in [0.29, 0.717) is 0 Å². The van der Waals surface area contributed by atoms with Gasteiger partial charge in [0.2, 0.25) is 0 Å². The average Bonchev–Trinajstić information content (AvgIpc) is 0. The van der Waals surface area contributed by atoms with Gasteiger partial charge in [-0.2, -0.15) is 0 Å². The largest absolute Gasteiger partial charge is 1.00 e. The van der Waals surface area contributed by atoms with Crippen molar-refractivity contribution in [3.63, 3.8) is 0 Å². The van der Waals surface area contributed by atoms with Crippen LogP contribution >= 0.6 is 0 Å². The quantitative estimate of drug-likeness (QED) is 0.241. The van der Waals surface area contributed by atoms with Crippen molar-refractivity contribution in [1.29, 1.82) is 0 Å². The van der Waals surface area contributed by atoms with E-state index in [1.165, 1.54) is 0 Å². The van der Waals surface area contributed by atoms with Gasteiger partial charge < -0.3 is 99.3 Å². The minimum atomic E-state index is 0. The summed E-state index contributed by atoms with van der Waals surface area (Å²) in [6, 6.07) is 0. The first-order valence-corrected chi connectivity index (χ1v) is 0. The fraction of sp³-hybridized carbons (Fsp3) is 0. The van der Waals surface area contributed by atoms with Crippen LogP contribution in [0.15, 0.2) is 0 Å². The van der Waals surface area contributed by atoms with Gasteiger partial charge in [0.1, 0.15) is 0 Å². The first-order chi connectivity index (χ1) is 0. The topological polar surface area (TPSA) is 0 Å². The molecule has 0 N–H and O–H groups in total. The van der Waals surface area contributed by atoms with Crippen molar-refractivity contribution in [2.75, 3.05) is 0 Å². The molecule has 0 nitrogen and oxygen atoms in total. The van der Waals surface area contributed by atoms with Gasteiger partial charge in [-0.1, -0.05) is 0 Å². The summed E-state index contributed by atoms with van der Waals surface area (Å²) in [5, 5.41) is 0. The summed E-state index contributed by atoms with van der Waals surface area (Å²) < 4.78 is 0. The van der Waals surface area contributed by atoms with E-state index in [2.05, 4.69) is 0 Å². The molecule has 0 heterocycles. The second-order valence-electron chi connectivity index (χ2n) is 0. The van der Waals surface area contributed by atoms with E-state index in [1.807, 2.05) is 0 Å². The smallest absolute Gasteiger partial charge is 0 e. The first-order valence-electron chi connectivity index (χ1n) is 0. The summed E-state index contributed by atoms with van der Waals surface area (Å²) in [6.45, 7) is 0. The number of halogens is 8. The molecule has 0 spiro atoms. The van der Waals surface area contributed by atoms with Crippen LogP contribution in [-0.2, 0) is 40.2 Å². The molecule has 0 aliphatic heterocycles. The standard InChI is InChI=1S/8ClH.2Ir/h8*1H;;/p-8. The summed E-state index contributed by atoms with van der Waals surface area (Å²) in [7, 11) is 0. The van der Waals surface area contributed by atoms with E-state index in [9.17, 15) is 0 Å². The Morgan fingerprint density at radius 1 is 0.200 bits per heavy atom. The van der Waals surface area contributed by atoms with Crippen LogP contribution in [0.5, 0.6) is 0 Å². The fourth-order valence-electron chi connectivity index (χ4n) is 0. The zero-order valence-corrected chi connectivity index (χ0v) is 14.5. The van der Waals surface area contributed by atoms with Crippen molar-refractivity contribution in [3.8, 4) is 0 Å². The van der Waals surface area contributed by atoms with Crippen LogP contribution in [0.4, 0.5) is 0 Å². The summed E-state index contributed by atoms with van der Waals surface area (Å²) >= 11 is 0. The zero-order chi connectivity index (χ0) is 0. The van der Waals surface area contributed by atoms with Crippen LogP contribution in [0, 0.1) is 0 Å². The Morgan fingerprint density at radius 3 is 0.200 bits per heavy atom. The molecule has 0 aromatic heterocycles. The maximum atomic E-state index is 0. The van der Waals surface area contributed by atoms with Crippen molar-refractivity contribution >= 4 is 0 Å². The summed E-state index contributed by atoms with van der Waals surface area (Å²) in [5.41, 5.74) is 0. The molecule has 0 fully saturated rings. The SMILES string of the molecule is [Cl-].[Cl-].[Cl-].[Cl-].[Cl-].[Cl-].[Cl-].[Cl-].[Ir].[Ir]. The summed E-state index contributed by atoms with van der Waals surface area (Å²) in [5.74, 6) is 0. The van der Waals surface area contributed by atoms with Gasteiger partial charge in [0.15, 0.2) is 0 Å². The Kier molecular flexibility index (Phi) is 2150. The van der Waals surface area contributed by atoms with Crippen LogP contribution in [0.2, 0.25) is 0 Å². The van der Waals surface area contributed by atoms with Crippen LogP contribution in [0.1, 0.15) is 0 Å². The molecule has 0 saturated heterocycles. The molecule has 0 aromatic rings. The normalized spacial score (nSPS) is 0. The van der Waals surface area contributed by atoms with Crippen LogP contribution in [0.3, 0.4) is 0 Å². The molecule has 0 aliphatic carbocycles. The predicted molar refractivity (Wildman–Crippen MR) is 0 cm³/mol. The van der Waals surface area contributed by atoms with Gasteiger partial charge in [-0.25, -0.2) is 0 Å². The summed E-state index contributed by atoms with van der Waals surface area (Å²) in [4.78, 5) is 0. The second-order valence-corrected chi connectivity index (χ2v) is 0. The first kappa shape index (κ1) is 166. The molecule has 0 unspecified atom stereocenters. The van der Waals surface area contributed by atoms with Crippen LogP contribution in [0.25, 0.3) is 0 Å². The predicted octanol–water partition coefficient (Wildman–Crippen LogP) is -24.0. The van der Waals surface area contributed by atoms with Crippen molar-refractivity contribution in [2.45, 2.75) is 0 Å². The monoisotopic (exact) mass is 666 g/mol.